The van der Waals surface area contributed by atoms with Crippen LogP contribution in [0.5, 0.6) is 0 Å². The molecule has 1 amide bonds. The third-order valence-electron chi connectivity index (χ3n) is 4.05. The summed E-state index contributed by atoms with van der Waals surface area (Å²) < 4.78 is 5.36. The molecule has 2 aliphatic rings. The molecule has 3 rings (SSSR count). The minimum Gasteiger partial charge on any atom is -0.381 e. The van der Waals surface area contributed by atoms with Crippen LogP contribution in [-0.2, 0) is 17.6 Å². The van der Waals surface area contributed by atoms with Gasteiger partial charge in [-0.1, -0.05) is 0 Å². The third-order valence-corrected chi connectivity index (χ3v) is 5.80. The predicted octanol–water partition coefficient (Wildman–Crippen LogP) is 2.75. The highest BCUT2D eigenvalue weighted by molar-refractivity contribution is 7.14. The van der Waals surface area contributed by atoms with Crippen molar-refractivity contribution in [3.8, 4) is 0 Å². The van der Waals surface area contributed by atoms with Crippen molar-refractivity contribution in [1.29, 1.82) is 0 Å². The Balaban J connectivity index is 1.72. The van der Waals surface area contributed by atoms with Gasteiger partial charge in [0.15, 0.2) is 0 Å². The Morgan fingerprint density at radius 1 is 1.42 bits per heavy atom. The minimum absolute atomic E-state index is 0.0296. The molecule has 1 aromatic heterocycles. The first-order valence-electron chi connectivity index (χ1n) is 6.80. The van der Waals surface area contributed by atoms with Crippen LogP contribution in [0.4, 0.5) is 0 Å². The van der Waals surface area contributed by atoms with Crippen molar-refractivity contribution in [1.82, 2.24) is 5.32 Å². The molecule has 5 heteroatoms. The van der Waals surface area contributed by atoms with Crippen molar-refractivity contribution in [3.05, 3.63) is 21.4 Å². The van der Waals surface area contributed by atoms with Crippen LogP contribution >= 0.6 is 22.9 Å². The highest BCUT2D eigenvalue weighted by Crippen LogP contribution is 2.31. The van der Waals surface area contributed by atoms with Crippen molar-refractivity contribution in [2.24, 2.45) is 0 Å². The summed E-state index contributed by atoms with van der Waals surface area (Å²) in [5.41, 5.74) is 1.08. The molecule has 0 spiro atoms. The van der Waals surface area contributed by atoms with Gasteiger partial charge in [0.05, 0.1) is 10.4 Å². The number of aryl methyl sites for hydroxylation is 2. The minimum atomic E-state index is -0.286. The van der Waals surface area contributed by atoms with Crippen molar-refractivity contribution in [2.75, 3.05) is 19.1 Å². The molecule has 0 bridgehead atoms. The summed E-state index contributed by atoms with van der Waals surface area (Å²) in [6.45, 7) is 1.35. The monoisotopic (exact) mass is 299 g/mol. The zero-order chi connectivity index (χ0) is 13.3. The van der Waals surface area contributed by atoms with E-state index in [-0.39, 0.29) is 11.4 Å². The van der Waals surface area contributed by atoms with Crippen LogP contribution in [0.3, 0.4) is 0 Å². The number of nitrogens with one attached hydrogen (secondary N) is 1. The Morgan fingerprint density at radius 2 is 2.21 bits per heavy atom. The molecule has 104 valence electrons. The molecule has 1 aromatic rings. The van der Waals surface area contributed by atoms with E-state index in [2.05, 4.69) is 11.4 Å². The summed E-state index contributed by atoms with van der Waals surface area (Å²) in [7, 11) is 0. The Labute approximate surface area is 122 Å². The summed E-state index contributed by atoms with van der Waals surface area (Å²) in [5.74, 6) is 0.481. The van der Waals surface area contributed by atoms with Crippen LogP contribution in [0.2, 0.25) is 0 Å². The maximum Gasteiger partial charge on any atom is 0.261 e. The standard InChI is InChI=1S/C14H18ClNO2S/c15-9-14(4-6-18-7-5-14)16-13(17)12-8-10-2-1-3-11(10)19-12/h8H,1-7,9H2,(H,16,17). The first kappa shape index (κ1) is 13.4. The summed E-state index contributed by atoms with van der Waals surface area (Å²) in [5, 5.41) is 3.15. The normalized spacial score (nSPS) is 21.1. The average Bonchev–Trinajstić information content (AvgIpc) is 3.00. The van der Waals surface area contributed by atoms with E-state index in [1.54, 1.807) is 11.3 Å². The third kappa shape index (κ3) is 2.67. The molecule has 0 saturated carbocycles. The molecule has 1 aliphatic heterocycles. The number of thiophene rings is 1. The van der Waals surface area contributed by atoms with Crippen LogP contribution in [0.25, 0.3) is 0 Å². The first-order valence-corrected chi connectivity index (χ1v) is 8.15. The maximum atomic E-state index is 12.4. The Kier molecular flexibility index (Phi) is 3.83. The number of amides is 1. The Morgan fingerprint density at radius 3 is 2.89 bits per heavy atom. The molecular formula is C14H18ClNO2S. The van der Waals surface area contributed by atoms with Crippen LogP contribution in [-0.4, -0.2) is 30.5 Å². The van der Waals surface area contributed by atoms with Crippen LogP contribution < -0.4 is 5.32 Å². The van der Waals surface area contributed by atoms with E-state index in [0.29, 0.717) is 19.1 Å². The molecular weight excluding hydrogens is 282 g/mol. The number of carbonyl (C=O) groups is 1. The van der Waals surface area contributed by atoms with Gasteiger partial charge in [0, 0.05) is 24.0 Å². The first-order chi connectivity index (χ1) is 9.22. The number of carbonyl (C=O) groups excluding carboxylic acids is 1. The number of halogens is 1. The van der Waals surface area contributed by atoms with Gasteiger partial charge in [0.25, 0.3) is 5.91 Å². The van der Waals surface area contributed by atoms with Crippen molar-refractivity contribution in [2.45, 2.75) is 37.6 Å². The van der Waals surface area contributed by atoms with Gasteiger partial charge in [0.2, 0.25) is 0 Å². The molecule has 1 aliphatic carbocycles. The van der Waals surface area contributed by atoms with E-state index >= 15 is 0 Å². The molecule has 0 unspecified atom stereocenters. The smallest absolute Gasteiger partial charge is 0.261 e. The molecule has 0 atom stereocenters. The maximum absolute atomic E-state index is 12.4. The van der Waals surface area contributed by atoms with E-state index in [0.717, 1.165) is 30.6 Å². The van der Waals surface area contributed by atoms with E-state index < -0.39 is 0 Å². The Hall–Kier alpha value is -0.580. The number of rotatable bonds is 3. The van der Waals surface area contributed by atoms with Gasteiger partial charge in [0.1, 0.15) is 0 Å². The quantitative estimate of drug-likeness (QED) is 0.872. The van der Waals surface area contributed by atoms with Gasteiger partial charge in [-0.3, -0.25) is 4.79 Å². The number of hydrogen-bond donors (Lipinski definition) is 1. The lowest BCUT2D eigenvalue weighted by Crippen LogP contribution is -2.53. The summed E-state index contributed by atoms with van der Waals surface area (Å²) in [6, 6.07) is 2.06. The molecule has 19 heavy (non-hydrogen) atoms. The molecule has 1 N–H and O–H groups in total. The van der Waals surface area contributed by atoms with Crippen LogP contribution in [0.15, 0.2) is 6.07 Å². The average molecular weight is 300 g/mol. The molecule has 3 nitrogen and oxygen atoms in total. The van der Waals surface area contributed by atoms with Gasteiger partial charge in [-0.05, 0) is 43.7 Å². The highest BCUT2D eigenvalue weighted by Gasteiger charge is 2.34. The SMILES string of the molecule is O=C(NC1(CCl)CCOCC1)c1cc2c(s1)CCC2. The summed E-state index contributed by atoms with van der Waals surface area (Å²) >= 11 is 7.72. The largest absolute Gasteiger partial charge is 0.381 e. The van der Waals surface area contributed by atoms with Gasteiger partial charge < -0.3 is 10.1 Å². The molecule has 1 fully saturated rings. The molecule has 1 saturated heterocycles. The number of ether oxygens (including phenoxy) is 1. The van der Waals surface area contributed by atoms with Gasteiger partial charge >= 0.3 is 0 Å². The predicted molar refractivity (Wildman–Crippen MR) is 77.3 cm³/mol. The molecule has 0 radical (unpaired) electrons. The van der Waals surface area contributed by atoms with E-state index in [1.807, 2.05) is 0 Å². The number of fused-ring (bicyclic) bond motifs is 1. The van der Waals surface area contributed by atoms with Crippen molar-refractivity contribution in [3.63, 3.8) is 0 Å². The van der Waals surface area contributed by atoms with Gasteiger partial charge in [-0.15, -0.1) is 22.9 Å². The van der Waals surface area contributed by atoms with Gasteiger partial charge in [-0.2, -0.15) is 0 Å². The fourth-order valence-electron chi connectivity index (χ4n) is 2.80. The zero-order valence-electron chi connectivity index (χ0n) is 10.8. The van der Waals surface area contributed by atoms with Crippen molar-refractivity contribution >= 4 is 28.8 Å². The number of hydrogen-bond acceptors (Lipinski definition) is 3. The van der Waals surface area contributed by atoms with Crippen LogP contribution in [0, 0.1) is 0 Å². The second-order valence-corrected chi connectivity index (χ2v) is 6.80. The second kappa shape index (κ2) is 5.43. The summed E-state index contributed by atoms with van der Waals surface area (Å²) in [4.78, 5) is 14.6. The lowest BCUT2D eigenvalue weighted by Gasteiger charge is -2.36. The topological polar surface area (TPSA) is 38.3 Å². The summed E-state index contributed by atoms with van der Waals surface area (Å²) in [6.07, 6.45) is 5.07. The second-order valence-electron chi connectivity index (χ2n) is 5.39. The fraction of sp³-hybridized carbons (Fsp3) is 0.643. The number of alkyl halides is 1. The van der Waals surface area contributed by atoms with Crippen LogP contribution in [0.1, 0.15) is 39.4 Å². The van der Waals surface area contributed by atoms with E-state index in [4.69, 9.17) is 16.3 Å². The van der Waals surface area contributed by atoms with E-state index in [9.17, 15) is 4.79 Å². The Bertz CT molecular complexity index is 458. The lowest BCUT2D eigenvalue weighted by molar-refractivity contribution is 0.0435. The zero-order valence-corrected chi connectivity index (χ0v) is 12.4. The van der Waals surface area contributed by atoms with Gasteiger partial charge in [-0.25, -0.2) is 0 Å². The van der Waals surface area contributed by atoms with Crippen molar-refractivity contribution < 1.29 is 9.53 Å². The lowest BCUT2D eigenvalue weighted by atomic mass is 9.92. The highest BCUT2D eigenvalue weighted by atomic mass is 35.5. The molecule has 0 aromatic carbocycles. The van der Waals surface area contributed by atoms with E-state index in [1.165, 1.54) is 16.9 Å². The molecule has 2 heterocycles. The fourth-order valence-corrected chi connectivity index (χ4v) is 4.28.